The van der Waals surface area contributed by atoms with Gasteiger partial charge >= 0.3 is 5.97 Å². The fourth-order valence-corrected chi connectivity index (χ4v) is 4.67. The van der Waals surface area contributed by atoms with Crippen LogP contribution < -0.4 is 5.73 Å². The molecule has 0 amide bonds. The molecule has 1 atom stereocenters. The molecule has 0 aliphatic rings. The first kappa shape index (κ1) is 19.2. The van der Waals surface area contributed by atoms with Crippen molar-refractivity contribution in [1.82, 2.24) is 0 Å². The maximum absolute atomic E-state index is 11.3. The summed E-state index contributed by atoms with van der Waals surface area (Å²) < 4.78 is -0.420. The third-order valence-electron chi connectivity index (χ3n) is 4.60. The average molecular weight is 378 g/mol. The Labute approximate surface area is 164 Å². The summed E-state index contributed by atoms with van der Waals surface area (Å²) in [7, 11) is 0. The molecule has 0 spiro atoms. The number of nitrogens with two attached hydrogens (primary N) is 1. The number of carbonyl (C=O) groups is 1. The monoisotopic (exact) mass is 377 g/mol. The van der Waals surface area contributed by atoms with Gasteiger partial charge in [-0.15, -0.1) is 11.8 Å². The molecule has 27 heavy (non-hydrogen) atoms. The smallest absolute Gasteiger partial charge is 0.321 e. The predicted octanol–water partition coefficient (Wildman–Crippen LogP) is 4.32. The van der Waals surface area contributed by atoms with E-state index >= 15 is 0 Å². The number of carboxylic acids is 1. The van der Waals surface area contributed by atoms with Crippen molar-refractivity contribution in [1.29, 1.82) is 0 Å². The second-order valence-corrected chi connectivity index (χ2v) is 7.80. The maximum Gasteiger partial charge on any atom is 0.321 e. The summed E-state index contributed by atoms with van der Waals surface area (Å²) in [5, 5.41) is 9.27. The molecular weight excluding hydrogens is 354 g/mol. The van der Waals surface area contributed by atoms with Gasteiger partial charge in [0.15, 0.2) is 0 Å². The van der Waals surface area contributed by atoms with Crippen LogP contribution in [0.5, 0.6) is 0 Å². The van der Waals surface area contributed by atoms with Gasteiger partial charge in [-0.2, -0.15) is 0 Å². The minimum absolute atomic E-state index is 0.325. The Morgan fingerprint density at radius 2 is 1.30 bits per heavy atom. The molecule has 3 aromatic rings. The maximum atomic E-state index is 11.3. The Morgan fingerprint density at radius 1 is 0.852 bits per heavy atom. The van der Waals surface area contributed by atoms with Crippen LogP contribution in [0.25, 0.3) is 0 Å². The van der Waals surface area contributed by atoms with Crippen LogP contribution in [0.2, 0.25) is 0 Å². The fourth-order valence-electron chi connectivity index (χ4n) is 3.19. The van der Waals surface area contributed by atoms with Crippen LogP contribution in [0.1, 0.15) is 16.7 Å². The number of benzene rings is 3. The van der Waals surface area contributed by atoms with E-state index in [1.807, 2.05) is 54.6 Å². The van der Waals surface area contributed by atoms with Crippen LogP contribution >= 0.6 is 11.8 Å². The minimum Gasteiger partial charge on any atom is -0.480 e. The highest BCUT2D eigenvalue weighted by molar-refractivity contribution is 8.00. The molecule has 0 aliphatic carbocycles. The lowest BCUT2D eigenvalue weighted by atomic mass is 9.85. The van der Waals surface area contributed by atoms with Gasteiger partial charge in [0, 0.05) is 5.75 Å². The van der Waals surface area contributed by atoms with Crippen LogP contribution in [-0.4, -0.2) is 22.9 Å². The van der Waals surface area contributed by atoms with Crippen molar-refractivity contribution in [3.63, 3.8) is 0 Å². The van der Waals surface area contributed by atoms with Gasteiger partial charge in [0.05, 0.1) is 4.75 Å². The topological polar surface area (TPSA) is 63.3 Å². The Hall–Kier alpha value is -2.56. The normalized spacial score (nSPS) is 12.5. The molecule has 0 bridgehead atoms. The molecule has 0 saturated carbocycles. The van der Waals surface area contributed by atoms with Crippen molar-refractivity contribution in [3.05, 3.63) is 108 Å². The van der Waals surface area contributed by atoms with Crippen molar-refractivity contribution in [2.75, 3.05) is 5.75 Å². The third-order valence-corrected chi connectivity index (χ3v) is 6.24. The zero-order valence-corrected chi connectivity index (χ0v) is 15.8. The van der Waals surface area contributed by atoms with E-state index in [0.29, 0.717) is 5.75 Å². The Balaban J connectivity index is 2.10. The molecular formula is C23H23NO2S. The number of aliphatic carboxylic acids is 1. The van der Waals surface area contributed by atoms with Crippen LogP contribution in [0.15, 0.2) is 91.0 Å². The average Bonchev–Trinajstić information content (AvgIpc) is 2.73. The Kier molecular flexibility index (Phi) is 6.32. The Morgan fingerprint density at radius 3 is 1.74 bits per heavy atom. The molecule has 0 heterocycles. The quantitative estimate of drug-likeness (QED) is 0.614. The molecule has 0 aromatic heterocycles. The molecule has 0 fully saturated rings. The van der Waals surface area contributed by atoms with Crippen molar-refractivity contribution in [2.45, 2.75) is 17.2 Å². The van der Waals surface area contributed by atoms with Crippen molar-refractivity contribution in [3.8, 4) is 0 Å². The van der Waals surface area contributed by atoms with E-state index in [0.717, 1.165) is 17.5 Å². The molecule has 138 valence electrons. The van der Waals surface area contributed by atoms with Gasteiger partial charge in [-0.3, -0.25) is 4.79 Å². The number of hydrogen-bond donors (Lipinski definition) is 2. The van der Waals surface area contributed by atoms with E-state index in [1.165, 1.54) is 5.56 Å². The lowest BCUT2D eigenvalue weighted by Crippen LogP contribution is -2.36. The number of hydrogen-bond acceptors (Lipinski definition) is 3. The number of rotatable bonds is 8. The molecule has 3 N–H and O–H groups in total. The highest BCUT2D eigenvalue weighted by Gasteiger charge is 2.36. The zero-order chi connectivity index (χ0) is 19.1. The summed E-state index contributed by atoms with van der Waals surface area (Å²) in [6.45, 7) is 0. The summed E-state index contributed by atoms with van der Waals surface area (Å²) in [6, 6.07) is 29.9. The number of carboxylic acid groups (broad SMARTS) is 1. The van der Waals surface area contributed by atoms with Gasteiger partial charge in [-0.05, 0) is 23.1 Å². The molecule has 4 heteroatoms. The highest BCUT2D eigenvalue weighted by atomic mass is 32.2. The molecule has 0 saturated heterocycles. The Bertz CT molecular complexity index is 814. The first-order valence-corrected chi connectivity index (χ1v) is 9.88. The SMILES string of the molecule is N[C@@H](CSC(Cc1ccccc1)(c1ccccc1)c1ccccc1)C(=O)O. The third kappa shape index (κ3) is 4.59. The molecule has 3 nitrogen and oxygen atoms in total. The zero-order valence-electron chi connectivity index (χ0n) is 15.0. The van der Waals surface area contributed by atoms with Crippen molar-refractivity contribution >= 4 is 17.7 Å². The van der Waals surface area contributed by atoms with Crippen LogP contribution in [0, 0.1) is 0 Å². The first-order chi connectivity index (χ1) is 13.1. The second kappa shape index (κ2) is 8.89. The predicted molar refractivity (Wildman–Crippen MR) is 112 cm³/mol. The van der Waals surface area contributed by atoms with E-state index in [4.69, 9.17) is 5.73 Å². The standard InChI is InChI=1S/C23H23NO2S/c24-21(22(25)26)17-27-23(19-12-6-2-7-13-19,20-14-8-3-9-15-20)16-18-10-4-1-5-11-18/h1-15,21H,16-17,24H2,(H,25,26)/t21-/m0/s1. The van der Waals surface area contributed by atoms with Crippen LogP contribution in [-0.2, 0) is 16.0 Å². The van der Waals surface area contributed by atoms with E-state index in [-0.39, 0.29) is 0 Å². The summed E-state index contributed by atoms with van der Waals surface area (Å²) in [6.07, 6.45) is 0.749. The summed E-state index contributed by atoms with van der Waals surface area (Å²) in [4.78, 5) is 11.3. The lowest BCUT2D eigenvalue weighted by molar-refractivity contribution is -0.137. The van der Waals surface area contributed by atoms with E-state index in [9.17, 15) is 9.90 Å². The molecule has 0 unspecified atom stereocenters. The lowest BCUT2D eigenvalue weighted by Gasteiger charge is -2.35. The summed E-state index contributed by atoms with van der Waals surface area (Å²) >= 11 is 1.60. The largest absolute Gasteiger partial charge is 0.480 e. The first-order valence-electron chi connectivity index (χ1n) is 8.89. The van der Waals surface area contributed by atoms with Gasteiger partial charge in [-0.1, -0.05) is 91.0 Å². The van der Waals surface area contributed by atoms with Crippen LogP contribution in [0.4, 0.5) is 0 Å². The van der Waals surface area contributed by atoms with Gasteiger partial charge in [0.1, 0.15) is 6.04 Å². The molecule has 0 radical (unpaired) electrons. The van der Waals surface area contributed by atoms with E-state index in [2.05, 4.69) is 36.4 Å². The summed E-state index contributed by atoms with van der Waals surface area (Å²) in [5.74, 6) is -0.649. The second-order valence-electron chi connectivity index (χ2n) is 6.48. The van der Waals surface area contributed by atoms with Gasteiger partial charge in [0.2, 0.25) is 0 Å². The summed E-state index contributed by atoms with van der Waals surface area (Å²) in [5.41, 5.74) is 9.33. The fraction of sp³-hybridized carbons (Fsp3) is 0.174. The highest BCUT2D eigenvalue weighted by Crippen LogP contribution is 2.45. The van der Waals surface area contributed by atoms with Gasteiger partial charge in [0.25, 0.3) is 0 Å². The van der Waals surface area contributed by atoms with Crippen molar-refractivity contribution in [2.24, 2.45) is 5.73 Å². The van der Waals surface area contributed by atoms with E-state index < -0.39 is 16.8 Å². The minimum atomic E-state index is -0.975. The molecule has 3 aromatic carbocycles. The van der Waals surface area contributed by atoms with E-state index in [1.54, 1.807) is 11.8 Å². The number of thioether (sulfide) groups is 1. The molecule has 3 rings (SSSR count). The van der Waals surface area contributed by atoms with Gasteiger partial charge < -0.3 is 10.8 Å². The molecule has 0 aliphatic heterocycles. The van der Waals surface area contributed by atoms with Gasteiger partial charge in [-0.25, -0.2) is 0 Å². The van der Waals surface area contributed by atoms with Crippen molar-refractivity contribution < 1.29 is 9.90 Å². The van der Waals surface area contributed by atoms with Crippen LogP contribution in [0.3, 0.4) is 0 Å².